The number of quaternary nitrogens is 1. The van der Waals surface area contributed by atoms with Gasteiger partial charge in [0.05, 0.1) is 31.5 Å². The Morgan fingerprint density at radius 1 is 0.627 bits per heavy atom. The zero-order valence-electron chi connectivity index (χ0n) is 31.8. The minimum atomic E-state index is -4.57. The highest BCUT2D eigenvalue weighted by molar-refractivity contribution is 7.48. The van der Waals surface area contributed by atoms with E-state index in [0.29, 0.717) is 26.1 Å². The Labute approximate surface area is 306 Å². The van der Waals surface area contributed by atoms with E-state index in [0.717, 1.165) is 25.7 Å². The van der Waals surface area contributed by atoms with Crippen molar-refractivity contribution in [1.82, 2.24) is 0 Å². The molecule has 15 heteroatoms. The number of hydroxylamine groups is 3. The molecule has 14 nitrogen and oxygen atoms in total. The van der Waals surface area contributed by atoms with Crippen LogP contribution >= 0.6 is 7.82 Å². The molecular formula is C36H74N2O12P+. The van der Waals surface area contributed by atoms with Crippen molar-refractivity contribution in [2.24, 2.45) is 11.7 Å². The first-order valence-corrected chi connectivity index (χ1v) is 21.4. The highest BCUT2D eigenvalue weighted by Crippen LogP contribution is 2.56. The fraction of sp³-hybridized carbons (Fsp3) is 1.00. The Balaban J connectivity index is 2.02. The lowest BCUT2D eigenvalue weighted by atomic mass is 9.72. The lowest BCUT2D eigenvalue weighted by Gasteiger charge is -2.51. The van der Waals surface area contributed by atoms with Crippen molar-refractivity contribution in [2.45, 2.75) is 191 Å². The number of hydrogen-bond acceptors (Lipinski definition) is 13. The van der Waals surface area contributed by atoms with E-state index in [-0.39, 0.29) is 11.3 Å². The summed E-state index contributed by atoms with van der Waals surface area (Å²) in [7, 11) is -4.57. The third kappa shape index (κ3) is 14.1. The topological polar surface area (TPSA) is 222 Å². The summed E-state index contributed by atoms with van der Waals surface area (Å²) in [4.78, 5) is 0. The summed E-state index contributed by atoms with van der Waals surface area (Å²) in [5, 5.41) is 74.3. The van der Waals surface area contributed by atoms with Crippen molar-refractivity contribution >= 4 is 7.82 Å². The van der Waals surface area contributed by atoms with Crippen molar-refractivity contribution in [3.05, 3.63) is 0 Å². The summed E-state index contributed by atoms with van der Waals surface area (Å²) in [6, 6.07) is -1.38. The van der Waals surface area contributed by atoms with Gasteiger partial charge in [0.25, 0.3) is 0 Å². The van der Waals surface area contributed by atoms with Crippen LogP contribution in [0.3, 0.4) is 0 Å². The second-order valence-corrected chi connectivity index (χ2v) is 16.2. The SMILES string of the molecule is CCCCCCCCCCCCCCCCCCOP(=O)(O[C@@H]1[C@H](O)[C@H](O)[C@@H](O)[C@H](O)[C@H]1[C@H]1O[C@H](CO)[C@@H](O)[C@H](O)[C@H]1N)O[N+](CC)(CC)CC. The molecule has 1 heterocycles. The van der Waals surface area contributed by atoms with E-state index in [1.807, 2.05) is 20.8 Å². The maximum Gasteiger partial charge on any atom is 0.521 e. The van der Waals surface area contributed by atoms with Gasteiger partial charge in [-0.25, -0.2) is 4.57 Å². The molecular weight excluding hydrogens is 683 g/mol. The zero-order chi connectivity index (χ0) is 38.0. The molecule has 9 N–H and O–H groups in total. The van der Waals surface area contributed by atoms with E-state index in [9.17, 15) is 40.3 Å². The number of nitrogens with two attached hydrogens (primary N) is 1. The van der Waals surface area contributed by atoms with E-state index < -0.39 is 81.3 Å². The number of phosphoric acid groups is 1. The summed E-state index contributed by atoms with van der Waals surface area (Å²) in [5.41, 5.74) is 6.20. The zero-order valence-corrected chi connectivity index (χ0v) is 32.7. The average Bonchev–Trinajstić information content (AvgIpc) is 3.13. The fourth-order valence-corrected chi connectivity index (χ4v) is 9.21. The number of aliphatic hydroxyl groups is 7. The highest BCUT2D eigenvalue weighted by Gasteiger charge is 2.59. The number of rotatable bonds is 27. The van der Waals surface area contributed by atoms with Gasteiger partial charge in [-0.1, -0.05) is 108 Å². The van der Waals surface area contributed by atoms with Crippen LogP contribution in [0.4, 0.5) is 0 Å². The first-order chi connectivity index (χ1) is 24.4. The lowest BCUT2D eigenvalue weighted by Crippen LogP contribution is -2.71. The monoisotopic (exact) mass is 757 g/mol. The van der Waals surface area contributed by atoms with E-state index in [1.165, 1.54) is 70.6 Å². The van der Waals surface area contributed by atoms with Gasteiger partial charge in [-0.3, -0.25) is 9.05 Å². The normalized spacial score (nSPS) is 33.0. The van der Waals surface area contributed by atoms with Gasteiger partial charge in [0.2, 0.25) is 0 Å². The van der Waals surface area contributed by atoms with Crippen molar-refractivity contribution in [1.29, 1.82) is 0 Å². The van der Waals surface area contributed by atoms with Crippen LogP contribution in [0.2, 0.25) is 0 Å². The summed E-state index contributed by atoms with van der Waals surface area (Å²) in [5.74, 6) is -1.49. The number of hydrogen-bond donors (Lipinski definition) is 8. The minimum Gasteiger partial charge on any atom is -0.394 e. The van der Waals surface area contributed by atoms with Crippen LogP contribution in [-0.2, 0) is 23.0 Å². The highest BCUT2D eigenvalue weighted by atomic mass is 31.2. The minimum absolute atomic E-state index is 0.0189. The van der Waals surface area contributed by atoms with Gasteiger partial charge in [-0.05, 0) is 27.2 Å². The number of nitrogens with zero attached hydrogens (tertiary/aromatic N) is 1. The molecule has 304 valence electrons. The van der Waals surface area contributed by atoms with E-state index in [1.54, 1.807) is 0 Å². The Bertz CT molecular complexity index is 955. The Morgan fingerprint density at radius 3 is 1.53 bits per heavy atom. The molecule has 0 radical (unpaired) electrons. The third-order valence-corrected chi connectivity index (χ3v) is 12.6. The van der Waals surface area contributed by atoms with Crippen molar-refractivity contribution in [3.8, 4) is 0 Å². The maximum absolute atomic E-state index is 14.5. The molecule has 0 aromatic rings. The summed E-state index contributed by atoms with van der Waals surface area (Å²) >= 11 is 0. The smallest absolute Gasteiger partial charge is 0.394 e. The van der Waals surface area contributed by atoms with Crippen LogP contribution in [0, 0.1) is 5.92 Å². The average molecular weight is 758 g/mol. The van der Waals surface area contributed by atoms with Gasteiger partial charge in [0.15, 0.2) is 0 Å². The van der Waals surface area contributed by atoms with Gasteiger partial charge < -0.3 is 46.2 Å². The summed E-state index contributed by atoms with van der Waals surface area (Å²) in [6.07, 6.45) is 3.94. The van der Waals surface area contributed by atoms with E-state index >= 15 is 0 Å². The van der Waals surface area contributed by atoms with Crippen LogP contribution < -0.4 is 5.73 Å². The fourth-order valence-electron chi connectivity index (χ4n) is 7.38. The van der Waals surface area contributed by atoms with Crippen molar-refractivity contribution < 1.29 is 63.4 Å². The predicted octanol–water partition coefficient (Wildman–Crippen LogP) is 3.45. The number of phosphoric ester groups is 1. The van der Waals surface area contributed by atoms with Crippen LogP contribution in [0.1, 0.15) is 130 Å². The Hall–Kier alpha value is -0.290. The third-order valence-electron chi connectivity index (χ3n) is 11.1. The standard InChI is InChI=1S/C36H74N2O12P/c1-5-9-10-11-12-13-14-15-16-17-18-19-20-21-22-23-24-47-51(46,50-38(6-2,7-3)8-4)49-36-27(30(41)32(43)33(44)34(36)45)35-28(37)31(42)29(40)26(25-39)48-35/h26-36,39-45H,5-25,37H2,1-4H3/q+1/t26-,27+,28-,29-,30-,31-,32+,33-,34-,35-,36+,51?/m1/s1. The van der Waals surface area contributed by atoms with E-state index in [2.05, 4.69) is 6.92 Å². The van der Waals surface area contributed by atoms with Crippen LogP contribution in [0.25, 0.3) is 0 Å². The Kier molecular flexibility index (Phi) is 22.3. The largest absolute Gasteiger partial charge is 0.521 e. The molecule has 1 unspecified atom stereocenters. The molecule has 2 fully saturated rings. The summed E-state index contributed by atoms with van der Waals surface area (Å²) < 4.78 is 38.1. The van der Waals surface area contributed by atoms with Gasteiger partial charge >= 0.3 is 7.82 Å². The molecule has 1 saturated carbocycles. The van der Waals surface area contributed by atoms with Gasteiger partial charge in [0.1, 0.15) is 62.4 Å². The number of aliphatic hydroxyl groups excluding tert-OH is 7. The molecule has 51 heavy (non-hydrogen) atoms. The van der Waals surface area contributed by atoms with Gasteiger partial charge in [0, 0.05) is 5.92 Å². The second-order valence-electron chi connectivity index (χ2n) is 14.7. The molecule has 1 aliphatic carbocycles. The molecule has 0 amide bonds. The number of ether oxygens (including phenoxy) is 1. The van der Waals surface area contributed by atoms with E-state index in [4.69, 9.17) is 24.1 Å². The molecule has 1 aliphatic heterocycles. The van der Waals surface area contributed by atoms with Gasteiger partial charge in [-0.15, -0.1) is 0 Å². The molecule has 2 aliphatic rings. The maximum atomic E-state index is 14.5. The first-order valence-electron chi connectivity index (χ1n) is 20.0. The quantitative estimate of drug-likeness (QED) is 0.0261. The number of unbranched alkanes of at least 4 members (excludes halogenated alkanes) is 15. The molecule has 0 aromatic carbocycles. The Morgan fingerprint density at radius 2 is 1.08 bits per heavy atom. The first kappa shape index (κ1) is 46.9. The van der Waals surface area contributed by atoms with Crippen molar-refractivity contribution in [3.63, 3.8) is 0 Å². The van der Waals surface area contributed by atoms with Crippen LogP contribution in [-0.4, -0.2) is 134 Å². The van der Waals surface area contributed by atoms with Crippen LogP contribution in [0.15, 0.2) is 0 Å². The van der Waals surface area contributed by atoms with Crippen molar-refractivity contribution in [2.75, 3.05) is 32.8 Å². The second kappa shape index (κ2) is 24.3. The van der Waals surface area contributed by atoms with Crippen LogP contribution in [0.5, 0.6) is 0 Å². The molecule has 0 spiro atoms. The molecule has 2 rings (SSSR count). The lowest BCUT2D eigenvalue weighted by molar-refractivity contribution is -1.08. The summed E-state index contributed by atoms with van der Waals surface area (Å²) in [6.45, 7) is 8.33. The van der Waals surface area contributed by atoms with Gasteiger partial charge in [-0.2, -0.15) is 4.65 Å². The molecule has 0 bridgehead atoms. The molecule has 12 atom stereocenters. The predicted molar refractivity (Wildman–Crippen MR) is 194 cm³/mol. The molecule has 0 aromatic heterocycles. The molecule has 1 saturated heterocycles.